The third-order valence-electron chi connectivity index (χ3n) is 14.9. The highest BCUT2D eigenvalue weighted by molar-refractivity contribution is 6.00. The van der Waals surface area contributed by atoms with Crippen molar-refractivity contribution in [3.8, 4) is 0 Å². The van der Waals surface area contributed by atoms with Gasteiger partial charge in [-0.2, -0.15) is 0 Å². The van der Waals surface area contributed by atoms with E-state index in [4.69, 9.17) is 4.74 Å². The summed E-state index contributed by atoms with van der Waals surface area (Å²) >= 11 is 0. The van der Waals surface area contributed by atoms with Gasteiger partial charge in [0.05, 0.1) is 5.41 Å². The maximum absolute atomic E-state index is 14.3. The lowest BCUT2D eigenvalue weighted by Gasteiger charge is -2.70. The van der Waals surface area contributed by atoms with Gasteiger partial charge in [0, 0.05) is 37.8 Å². The summed E-state index contributed by atoms with van der Waals surface area (Å²) in [6.07, 6.45) is 11.1. The maximum Gasteiger partial charge on any atom is 0.302 e. The molecule has 6 aliphatic rings. The zero-order chi connectivity index (χ0) is 31.9. The van der Waals surface area contributed by atoms with Crippen molar-refractivity contribution in [2.75, 3.05) is 26.2 Å². The molecular weight excluding hydrogens is 548 g/mol. The lowest BCUT2D eigenvalue weighted by Crippen LogP contribution is -2.64. The van der Waals surface area contributed by atoms with Gasteiger partial charge >= 0.3 is 5.97 Å². The van der Waals surface area contributed by atoms with Gasteiger partial charge in [-0.25, -0.2) is 0 Å². The van der Waals surface area contributed by atoms with Gasteiger partial charge < -0.3 is 15.0 Å². The Bertz CT molecular complexity index is 1230. The fourth-order valence-corrected chi connectivity index (χ4v) is 12.7. The van der Waals surface area contributed by atoms with Crippen LogP contribution in [0.2, 0.25) is 0 Å². The smallest absolute Gasteiger partial charge is 0.302 e. The van der Waals surface area contributed by atoms with Crippen molar-refractivity contribution in [1.29, 1.82) is 0 Å². The number of hydrogen-bond acceptors (Lipinski definition) is 5. The average Bonchev–Trinajstić information content (AvgIpc) is 3.56. The molecule has 1 saturated heterocycles. The molecular formula is C38H60N2O4. The average molecular weight is 609 g/mol. The van der Waals surface area contributed by atoms with E-state index in [0.717, 1.165) is 71.0 Å². The Morgan fingerprint density at radius 1 is 0.955 bits per heavy atom. The minimum Gasteiger partial charge on any atom is -0.462 e. The van der Waals surface area contributed by atoms with Gasteiger partial charge in [0.25, 0.3) is 0 Å². The van der Waals surface area contributed by atoms with E-state index in [2.05, 4.69) is 58.7 Å². The van der Waals surface area contributed by atoms with E-state index in [1.807, 2.05) is 0 Å². The van der Waals surface area contributed by atoms with Gasteiger partial charge in [0.1, 0.15) is 11.9 Å². The summed E-state index contributed by atoms with van der Waals surface area (Å²) in [5, 5.41) is 3.36. The summed E-state index contributed by atoms with van der Waals surface area (Å²) in [4.78, 5) is 42.6. The molecule has 0 bridgehead atoms. The lowest BCUT2D eigenvalue weighted by molar-refractivity contribution is -0.213. The summed E-state index contributed by atoms with van der Waals surface area (Å²) in [6, 6.07) is 0. The van der Waals surface area contributed by atoms with Gasteiger partial charge in [-0.05, 0) is 117 Å². The van der Waals surface area contributed by atoms with E-state index in [1.165, 1.54) is 24.0 Å². The van der Waals surface area contributed by atoms with Crippen molar-refractivity contribution < 1.29 is 19.1 Å². The predicted molar refractivity (Wildman–Crippen MR) is 174 cm³/mol. The van der Waals surface area contributed by atoms with Crippen molar-refractivity contribution in [1.82, 2.24) is 10.2 Å². The molecule has 6 rings (SSSR count). The molecule has 44 heavy (non-hydrogen) atoms. The zero-order valence-corrected chi connectivity index (χ0v) is 29.1. The number of ether oxygens (including phenoxy) is 1. The quantitative estimate of drug-likeness (QED) is 0.257. The Balaban J connectivity index is 1.35. The summed E-state index contributed by atoms with van der Waals surface area (Å²) in [5.74, 6) is 1.37. The highest BCUT2D eigenvalue weighted by atomic mass is 16.5. The van der Waals surface area contributed by atoms with Crippen LogP contribution >= 0.6 is 0 Å². The van der Waals surface area contributed by atoms with Crippen LogP contribution in [0.5, 0.6) is 0 Å². The molecule has 1 amide bonds. The van der Waals surface area contributed by atoms with E-state index in [-0.39, 0.29) is 57.3 Å². The van der Waals surface area contributed by atoms with E-state index < -0.39 is 5.41 Å². The molecule has 0 radical (unpaired) electrons. The zero-order valence-electron chi connectivity index (χ0n) is 29.1. The number of hydrogen-bond donors (Lipinski definition) is 1. The number of ketones is 1. The SMILES string of the molecule is CC(=O)O[C@H]1CC[C@]2(C)[C@H]3CCC4=C5C(C(C)C)C(=O)C[C@]5(C(=O)NCCN5CCCC5)CC[C@@]4(C)[C@]3(C)CC[C@H]2C1(C)C. The first-order valence-electron chi connectivity index (χ1n) is 18.1. The van der Waals surface area contributed by atoms with Crippen LogP contribution < -0.4 is 5.32 Å². The number of likely N-dealkylation sites (tertiary alicyclic amines) is 1. The third kappa shape index (κ3) is 4.53. The highest BCUT2D eigenvalue weighted by Crippen LogP contribution is 2.76. The molecule has 5 fully saturated rings. The molecule has 8 atom stereocenters. The first-order chi connectivity index (χ1) is 20.6. The van der Waals surface area contributed by atoms with Crippen LogP contribution in [0.25, 0.3) is 0 Å². The fourth-order valence-electron chi connectivity index (χ4n) is 12.7. The Kier molecular flexibility index (Phi) is 8.02. The molecule has 1 aliphatic heterocycles. The summed E-state index contributed by atoms with van der Waals surface area (Å²) < 4.78 is 5.93. The third-order valence-corrected chi connectivity index (χ3v) is 14.9. The van der Waals surface area contributed by atoms with Crippen LogP contribution in [0.4, 0.5) is 0 Å². The number of allylic oxidation sites excluding steroid dienone is 1. The van der Waals surface area contributed by atoms with Crippen molar-refractivity contribution >= 4 is 17.7 Å². The second kappa shape index (κ2) is 10.9. The Labute approximate surface area is 266 Å². The largest absolute Gasteiger partial charge is 0.462 e. The van der Waals surface area contributed by atoms with Gasteiger partial charge in [-0.3, -0.25) is 14.4 Å². The standard InChI is InChI=1S/C38H60N2O4/c1-24(2)31-27(42)23-38(33(43)39-19-22-40-20-9-10-21-40)18-17-36(7)26(32(31)38)11-12-29-35(6)15-14-30(44-25(3)41)34(4,5)28(35)13-16-37(29,36)8/h24,28-31H,9-23H2,1-8H3,(H,39,43)/t28-,29+,30-,31?,35-,36+,37+,38+/m0/s1. The molecule has 6 heteroatoms. The predicted octanol–water partition coefficient (Wildman–Crippen LogP) is 7.11. The summed E-state index contributed by atoms with van der Waals surface area (Å²) in [6.45, 7) is 22.1. The number of carbonyl (C=O) groups is 3. The van der Waals surface area contributed by atoms with E-state index in [0.29, 0.717) is 24.8 Å². The number of amides is 1. The van der Waals surface area contributed by atoms with Crippen LogP contribution in [-0.4, -0.2) is 54.8 Å². The molecule has 0 aromatic carbocycles. The molecule has 4 saturated carbocycles. The molecule has 1 heterocycles. The first-order valence-corrected chi connectivity index (χ1v) is 18.1. The molecule has 246 valence electrons. The van der Waals surface area contributed by atoms with Gasteiger partial charge in [0.2, 0.25) is 5.91 Å². The monoisotopic (exact) mass is 608 g/mol. The van der Waals surface area contributed by atoms with Gasteiger partial charge in [-0.1, -0.05) is 54.0 Å². The fraction of sp³-hybridized carbons (Fsp3) is 0.868. The van der Waals surface area contributed by atoms with E-state index in [1.54, 1.807) is 6.92 Å². The van der Waals surface area contributed by atoms with Crippen LogP contribution in [-0.2, 0) is 19.1 Å². The van der Waals surface area contributed by atoms with Crippen molar-refractivity contribution in [3.05, 3.63) is 11.1 Å². The summed E-state index contributed by atoms with van der Waals surface area (Å²) in [5.41, 5.74) is 2.26. The van der Waals surface area contributed by atoms with Crippen LogP contribution in [0.15, 0.2) is 11.1 Å². The van der Waals surface area contributed by atoms with Crippen LogP contribution in [0, 0.1) is 50.7 Å². The number of nitrogens with one attached hydrogen (secondary N) is 1. The molecule has 1 unspecified atom stereocenters. The molecule has 0 aromatic rings. The molecule has 5 aliphatic carbocycles. The van der Waals surface area contributed by atoms with Gasteiger partial charge in [0.15, 0.2) is 0 Å². The first kappa shape index (κ1) is 32.3. The number of nitrogens with zero attached hydrogens (tertiary/aromatic N) is 1. The second-order valence-corrected chi connectivity index (χ2v) is 17.5. The Morgan fingerprint density at radius 3 is 2.32 bits per heavy atom. The topological polar surface area (TPSA) is 75.7 Å². The van der Waals surface area contributed by atoms with Crippen molar-refractivity contribution in [3.63, 3.8) is 0 Å². The molecule has 0 spiro atoms. The van der Waals surface area contributed by atoms with Gasteiger partial charge in [-0.15, -0.1) is 0 Å². The number of rotatable bonds is 6. The van der Waals surface area contributed by atoms with Crippen molar-refractivity contribution in [2.45, 2.75) is 132 Å². The number of carbonyl (C=O) groups excluding carboxylic acids is 3. The van der Waals surface area contributed by atoms with E-state index in [9.17, 15) is 14.4 Å². The number of fused-ring (bicyclic) bond motifs is 6. The van der Waals surface area contributed by atoms with Crippen LogP contribution in [0.1, 0.15) is 126 Å². The number of Topliss-reactive ketones (excluding diaryl/α,β-unsaturated/α-hetero) is 1. The number of esters is 1. The lowest BCUT2D eigenvalue weighted by atomic mass is 9.34. The second-order valence-electron chi connectivity index (χ2n) is 17.5. The normalized spacial score (nSPS) is 43.2. The van der Waals surface area contributed by atoms with Crippen LogP contribution in [0.3, 0.4) is 0 Å². The minimum atomic E-state index is -0.666. The van der Waals surface area contributed by atoms with Crippen molar-refractivity contribution in [2.24, 2.45) is 50.7 Å². The Morgan fingerprint density at radius 2 is 1.66 bits per heavy atom. The molecule has 0 aromatic heterocycles. The molecule has 1 N–H and O–H groups in total. The summed E-state index contributed by atoms with van der Waals surface area (Å²) in [7, 11) is 0. The molecule has 6 nitrogen and oxygen atoms in total. The minimum absolute atomic E-state index is 0.0186. The maximum atomic E-state index is 14.3. The highest BCUT2D eigenvalue weighted by Gasteiger charge is 2.69. The van der Waals surface area contributed by atoms with E-state index >= 15 is 0 Å². The Hall–Kier alpha value is -1.69.